The maximum atomic E-state index is 10.3. The van der Waals surface area contributed by atoms with Crippen LogP contribution in [0.15, 0.2) is 0 Å². The van der Waals surface area contributed by atoms with Crippen LogP contribution in [0.25, 0.3) is 0 Å². The van der Waals surface area contributed by atoms with Crippen molar-refractivity contribution in [1.82, 2.24) is 0 Å². The molecular formula is C8H12O2. The lowest BCUT2D eigenvalue weighted by Gasteiger charge is -2.20. The Kier molecular flexibility index (Phi) is 2.60. The zero-order valence-corrected chi connectivity index (χ0v) is 5.95. The summed E-state index contributed by atoms with van der Waals surface area (Å²) in [5.74, 6) is 0.313. The molecule has 1 fully saturated rings. The fourth-order valence-corrected chi connectivity index (χ4v) is 1.51. The van der Waals surface area contributed by atoms with Crippen molar-refractivity contribution in [2.45, 2.75) is 25.7 Å². The van der Waals surface area contributed by atoms with E-state index in [1.165, 1.54) is 0 Å². The van der Waals surface area contributed by atoms with Crippen molar-refractivity contribution in [3.63, 3.8) is 0 Å². The Bertz CT molecular complexity index is 117. The molecule has 2 atom stereocenters. The molecule has 0 N–H and O–H groups in total. The molecule has 0 spiro atoms. The lowest BCUT2D eigenvalue weighted by atomic mass is 9.83. The van der Waals surface area contributed by atoms with Crippen LogP contribution in [0.5, 0.6) is 0 Å². The topological polar surface area (TPSA) is 34.1 Å². The molecule has 1 aliphatic rings. The van der Waals surface area contributed by atoms with Gasteiger partial charge in [0, 0.05) is 11.8 Å². The minimum absolute atomic E-state index is 0.156. The van der Waals surface area contributed by atoms with E-state index >= 15 is 0 Å². The van der Waals surface area contributed by atoms with Crippen LogP contribution in [0.4, 0.5) is 0 Å². The van der Waals surface area contributed by atoms with Crippen molar-refractivity contribution in [3.8, 4) is 0 Å². The normalized spacial score (nSPS) is 33.2. The smallest absolute Gasteiger partial charge is 0.123 e. The first-order chi connectivity index (χ1) is 4.86. The summed E-state index contributed by atoms with van der Waals surface area (Å²) in [5, 5.41) is 0. The molecular weight excluding hydrogens is 128 g/mol. The molecule has 0 amide bonds. The molecule has 56 valence electrons. The first kappa shape index (κ1) is 7.45. The number of hydrogen-bond acceptors (Lipinski definition) is 2. The molecule has 2 nitrogen and oxygen atoms in total. The molecule has 10 heavy (non-hydrogen) atoms. The Morgan fingerprint density at radius 1 is 1.00 bits per heavy atom. The molecule has 1 rings (SSSR count). The van der Waals surface area contributed by atoms with Crippen LogP contribution in [-0.2, 0) is 9.59 Å². The third-order valence-electron chi connectivity index (χ3n) is 2.14. The lowest BCUT2D eigenvalue weighted by molar-refractivity contribution is -0.115. The molecule has 0 radical (unpaired) electrons. The van der Waals surface area contributed by atoms with Crippen LogP contribution in [0.2, 0.25) is 0 Å². The lowest BCUT2D eigenvalue weighted by Crippen LogP contribution is -2.17. The largest absolute Gasteiger partial charge is 0.303 e. The van der Waals surface area contributed by atoms with Crippen molar-refractivity contribution in [1.29, 1.82) is 0 Å². The van der Waals surface area contributed by atoms with Gasteiger partial charge in [0.25, 0.3) is 0 Å². The van der Waals surface area contributed by atoms with E-state index in [1.54, 1.807) is 0 Å². The Morgan fingerprint density at radius 2 is 1.50 bits per heavy atom. The second-order valence-electron chi connectivity index (χ2n) is 2.96. The summed E-state index contributed by atoms with van der Waals surface area (Å²) in [7, 11) is 0. The minimum atomic E-state index is 0.156. The molecule has 0 bridgehead atoms. The fraction of sp³-hybridized carbons (Fsp3) is 0.750. The highest BCUT2D eigenvalue weighted by atomic mass is 16.1. The molecule has 1 aliphatic carbocycles. The maximum Gasteiger partial charge on any atom is 0.123 e. The van der Waals surface area contributed by atoms with Gasteiger partial charge in [-0.25, -0.2) is 0 Å². The standard InChI is InChI=1S/C8H12O2/c9-5-7-2-1-3-8(4-7)6-10/h5-8H,1-4H2/t7-,8?/m0/s1. The summed E-state index contributed by atoms with van der Waals surface area (Å²) >= 11 is 0. The van der Waals surface area contributed by atoms with Gasteiger partial charge in [-0.05, 0) is 19.3 Å². The number of carbonyl (C=O) groups excluding carboxylic acids is 2. The van der Waals surface area contributed by atoms with Gasteiger partial charge < -0.3 is 9.59 Å². The molecule has 1 unspecified atom stereocenters. The van der Waals surface area contributed by atoms with E-state index in [0.717, 1.165) is 38.3 Å². The third kappa shape index (κ3) is 1.66. The van der Waals surface area contributed by atoms with Crippen LogP contribution >= 0.6 is 0 Å². The van der Waals surface area contributed by atoms with E-state index in [4.69, 9.17) is 0 Å². The Hall–Kier alpha value is -0.660. The van der Waals surface area contributed by atoms with Crippen LogP contribution < -0.4 is 0 Å². The van der Waals surface area contributed by atoms with E-state index in [2.05, 4.69) is 0 Å². The third-order valence-corrected chi connectivity index (χ3v) is 2.14. The van der Waals surface area contributed by atoms with E-state index < -0.39 is 0 Å². The zero-order valence-electron chi connectivity index (χ0n) is 5.95. The van der Waals surface area contributed by atoms with Crippen molar-refractivity contribution in [3.05, 3.63) is 0 Å². The summed E-state index contributed by atoms with van der Waals surface area (Å²) in [4.78, 5) is 20.6. The van der Waals surface area contributed by atoms with E-state index in [9.17, 15) is 9.59 Å². The molecule has 0 aromatic heterocycles. The Balaban J connectivity index is 2.38. The summed E-state index contributed by atoms with van der Waals surface area (Å²) in [6.45, 7) is 0. The first-order valence-corrected chi connectivity index (χ1v) is 3.77. The van der Waals surface area contributed by atoms with Crippen molar-refractivity contribution in [2.75, 3.05) is 0 Å². The first-order valence-electron chi connectivity index (χ1n) is 3.77. The predicted octanol–water partition coefficient (Wildman–Crippen LogP) is 1.19. The molecule has 0 aromatic rings. The van der Waals surface area contributed by atoms with Gasteiger partial charge in [0.15, 0.2) is 0 Å². The van der Waals surface area contributed by atoms with Crippen LogP contribution in [0.1, 0.15) is 25.7 Å². The highest BCUT2D eigenvalue weighted by Gasteiger charge is 2.20. The highest BCUT2D eigenvalue weighted by Crippen LogP contribution is 2.25. The SMILES string of the molecule is O=CC1CCC[C@H](C=O)C1. The second kappa shape index (κ2) is 3.49. The molecule has 1 saturated carbocycles. The summed E-state index contributed by atoms with van der Waals surface area (Å²) in [6.07, 6.45) is 5.74. The second-order valence-corrected chi connectivity index (χ2v) is 2.96. The van der Waals surface area contributed by atoms with Gasteiger partial charge in [0.1, 0.15) is 12.6 Å². The Labute approximate surface area is 60.6 Å². The molecule has 0 aliphatic heterocycles. The van der Waals surface area contributed by atoms with Crippen LogP contribution in [-0.4, -0.2) is 12.6 Å². The average molecular weight is 140 g/mol. The molecule has 0 saturated heterocycles. The van der Waals surface area contributed by atoms with E-state index in [0.29, 0.717) is 0 Å². The quantitative estimate of drug-likeness (QED) is 0.540. The maximum absolute atomic E-state index is 10.3. The monoisotopic (exact) mass is 140 g/mol. The molecule has 0 heterocycles. The van der Waals surface area contributed by atoms with Gasteiger partial charge in [0.05, 0.1) is 0 Å². The number of carbonyl (C=O) groups is 2. The van der Waals surface area contributed by atoms with E-state index in [-0.39, 0.29) is 11.8 Å². The van der Waals surface area contributed by atoms with Crippen molar-refractivity contribution >= 4 is 12.6 Å². The van der Waals surface area contributed by atoms with Gasteiger partial charge >= 0.3 is 0 Å². The van der Waals surface area contributed by atoms with Gasteiger partial charge in [-0.15, -0.1) is 0 Å². The summed E-state index contributed by atoms with van der Waals surface area (Å²) < 4.78 is 0. The molecule has 0 aromatic carbocycles. The van der Waals surface area contributed by atoms with Gasteiger partial charge in [-0.3, -0.25) is 0 Å². The van der Waals surface area contributed by atoms with Crippen LogP contribution in [0, 0.1) is 11.8 Å². The van der Waals surface area contributed by atoms with Crippen molar-refractivity contribution in [2.24, 2.45) is 11.8 Å². The van der Waals surface area contributed by atoms with Gasteiger partial charge in [-0.1, -0.05) is 6.42 Å². The summed E-state index contributed by atoms with van der Waals surface area (Å²) in [5.41, 5.74) is 0. The van der Waals surface area contributed by atoms with Gasteiger partial charge in [-0.2, -0.15) is 0 Å². The number of aldehydes is 2. The average Bonchev–Trinajstić information content (AvgIpc) is 2.05. The summed E-state index contributed by atoms with van der Waals surface area (Å²) in [6, 6.07) is 0. The fourth-order valence-electron chi connectivity index (χ4n) is 1.51. The van der Waals surface area contributed by atoms with E-state index in [1.807, 2.05) is 0 Å². The minimum Gasteiger partial charge on any atom is -0.303 e. The van der Waals surface area contributed by atoms with Gasteiger partial charge in [0.2, 0.25) is 0 Å². The zero-order chi connectivity index (χ0) is 7.40. The Morgan fingerprint density at radius 3 is 1.90 bits per heavy atom. The van der Waals surface area contributed by atoms with Crippen LogP contribution in [0.3, 0.4) is 0 Å². The number of rotatable bonds is 2. The highest BCUT2D eigenvalue weighted by molar-refractivity contribution is 5.58. The van der Waals surface area contributed by atoms with Crippen molar-refractivity contribution < 1.29 is 9.59 Å². The predicted molar refractivity (Wildman–Crippen MR) is 37.6 cm³/mol. The number of hydrogen-bond donors (Lipinski definition) is 0. The molecule has 2 heteroatoms.